The second-order valence-electron chi connectivity index (χ2n) is 5.98. The van der Waals surface area contributed by atoms with Crippen LogP contribution in [-0.4, -0.2) is 38.9 Å². The summed E-state index contributed by atoms with van der Waals surface area (Å²) < 4.78 is 18.4. The van der Waals surface area contributed by atoms with Crippen molar-refractivity contribution in [2.24, 2.45) is 0 Å². The molecule has 0 radical (unpaired) electrons. The first-order valence-electron chi connectivity index (χ1n) is 8.49. The molecule has 2 amide bonds. The number of aromatic amines is 2. The third-order valence-corrected chi connectivity index (χ3v) is 4.14. The molecule has 2 aromatic carbocycles. The van der Waals surface area contributed by atoms with Gasteiger partial charge in [0, 0.05) is 18.0 Å². The molecule has 0 saturated heterocycles. The van der Waals surface area contributed by atoms with E-state index in [0.717, 1.165) is 6.07 Å². The number of nitrogens with zero attached hydrogens (tertiary/aromatic N) is 2. The molecule has 0 unspecified atom stereocenters. The number of benzene rings is 2. The van der Waals surface area contributed by atoms with Gasteiger partial charge in [0.25, 0.3) is 11.8 Å². The Balaban J connectivity index is 1.59. The van der Waals surface area contributed by atoms with Crippen LogP contribution in [0.2, 0.25) is 0 Å². The van der Waals surface area contributed by atoms with Gasteiger partial charge in [0.15, 0.2) is 11.6 Å². The summed E-state index contributed by atoms with van der Waals surface area (Å²) in [5, 5.41) is 5.23. The molecule has 0 aliphatic heterocycles. The number of methoxy groups -OCH3 is 1. The van der Waals surface area contributed by atoms with Crippen LogP contribution in [0.1, 0.15) is 20.7 Å². The number of anilines is 2. The quantitative estimate of drug-likeness (QED) is 0.414. The molecule has 0 aliphatic rings. The number of ether oxygens (including phenoxy) is 1. The number of rotatable bonds is 5. The lowest BCUT2D eigenvalue weighted by Crippen LogP contribution is -2.14. The van der Waals surface area contributed by atoms with E-state index in [1.54, 1.807) is 24.4 Å². The van der Waals surface area contributed by atoms with E-state index in [4.69, 9.17) is 4.74 Å². The molecule has 2 heterocycles. The van der Waals surface area contributed by atoms with Gasteiger partial charge in [0.05, 0.1) is 23.7 Å². The van der Waals surface area contributed by atoms with Gasteiger partial charge in [-0.15, -0.1) is 0 Å². The molecule has 2 aromatic heterocycles. The molecular weight excluding hydrogens is 379 g/mol. The first-order chi connectivity index (χ1) is 14.0. The fourth-order valence-corrected chi connectivity index (χ4v) is 2.77. The maximum absolute atomic E-state index is 13.5. The molecule has 0 fully saturated rings. The summed E-state index contributed by atoms with van der Waals surface area (Å²) in [6.45, 7) is 0. The average Bonchev–Trinajstić information content (AvgIpc) is 3.37. The monoisotopic (exact) mass is 394 g/mol. The van der Waals surface area contributed by atoms with E-state index in [-0.39, 0.29) is 17.3 Å². The Morgan fingerprint density at radius 2 is 1.93 bits per heavy atom. The Morgan fingerprint density at radius 1 is 1.10 bits per heavy atom. The second-order valence-corrected chi connectivity index (χ2v) is 5.98. The van der Waals surface area contributed by atoms with Crippen molar-refractivity contribution in [3.8, 4) is 5.75 Å². The molecule has 4 N–H and O–H groups in total. The van der Waals surface area contributed by atoms with Crippen molar-refractivity contribution < 1.29 is 18.7 Å². The van der Waals surface area contributed by atoms with Crippen LogP contribution in [0, 0.1) is 5.82 Å². The Kier molecular flexibility index (Phi) is 4.65. The maximum Gasteiger partial charge on any atom is 0.260 e. The summed E-state index contributed by atoms with van der Waals surface area (Å²) in [7, 11) is 1.31. The molecule has 29 heavy (non-hydrogen) atoms. The van der Waals surface area contributed by atoms with Crippen molar-refractivity contribution in [1.29, 1.82) is 0 Å². The van der Waals surface area contributed by atoms with E-state index in [0.29, 0.717) is 22.5 Å². The van der Waals surface area contributed by atoms with Crippen LogP contribution < -0.4 is 15.4 Å². The summed E-state index contributed by atoms with van der Waals surface area (Å²) >= 11 is 0. The van der Waals surface area contributed by atoms with E-state index >= 15 is 0 Å². The lowest BCUT2D eigenvalue weighted by atomic mass is 10.2. The fraction of sp³-hybridized carbons (Fsp3) is 0.0526. The van der Waals surface area contributed by atoms with Crippen molar-refractivity contribution in [2.75, 3.05) is 17.7 Å². The zero-order chi connectivity index (χ0) is 20.4. The van der Waals surface area contributed by atoms with Gasteiger partial charge in [0.2, 0.25) is 11.9 Å². The highest BCUT2D eigenvalue weighted by Crippen LogP contribution is 2.22. The molecule has 0 atom stereocenters. The number of H-pyrrole nitrogens is 2. The van der Waals surface area contributed by atoms with Gasteiger partial charge >= 0.3 is 0 Å². The molecule has 0 spiro atoms. The molecule has 4 rings (SSSR count). The number of fused-ring (bicyclic) bond motifs is 1. The number of halogens is 1. The fourth-order valence-electron chi connectivity index (χ4n) is 2.77. The number of hydrogen-bond acceptors (Lipinski definition) is 5. The highest BCUT2D eigenvalue weighted by atomic mass is 19.1. The molecule has 0 saturated carbocycles. The highest BCUT2D eigenvalue weighted by molar-refractivity contribution is 6.11. The number of nitrogens with one attached hydrogen (secondary N) is 4. The second kappa shape index (κ2) is 7.43. The largest absolute Gasteiger partial charge is 0.494 e. The normalized spacial score (nSPS) is 10.7. The van der Waals surface area contributed by atoms with Crippen LogP contribution in [-0.2, 0) is 0 Å². The lowest BCUT2D eigenvalue weighted by molar-refractivity contribution is 0.101. The minimum atomic E-state index is -0.569. The molecule has 10 heteroatoms. The zero-order valence-corrected chi connectivity index (χ0v) is 15.1. The minimum absolute atomic E-state index is 0.0425. The van der Waals surface area contributed by atoms with E-state index in [1.165, 1.54) is 25.4 Å². The van der Waals surface area contributed by atoms with Crippen molar-refractivity contribution in [2.45, 2.75) is 0 Å². The van der Waals surface area contributed by atoms with Crippen LogP contribution in [0.3, 0.4) is 0 Å². The van der Waals surface area contributed by atoms with Crippen LogP contribution in [0.25, 0.3) is 11.0 Å². The topological polar surface area (TPSA) is 125 Å². The number of carbonyl (C=O) groups excluding carboxylic acids is 2. The van der Waals surface area contributed by atoms with Gasteiger partial charge in [-0.25, -0.2) is 14.4 Å². The summed E-state index contributed by atoms with van der Waals surface area (Å²) in [4.78, 5) is 38.9. The number of aromatic nitrogens is 4. The Hall–Kier alpha value is -4.21. The van der Waals surface area contributed by atoms with Gasteiger partial charge in [-0.2, -0.15) is 0 Å². The van der Waals surface area contributed by atoms with E-state index in [1.807, 2.05) is 0 Å². The SMILES string of the molecule is COc1cc(C(=O)Nc2nc3cccc(C(=O)Nc4ncc[nH]4)c3[nH]2)ccc1F. The van der Waals surface area contributed by atoms with Crippen LogP contribution >= 0.6 is 0 Å². The van der Waals surface area contributed by atoms with Crippen LogP contribution in [0.5, 0.6) is 5.75 Å². The first-order valence-corrected chi connectivity index (χ1v) is 8.49. The number of carbonyl (C=O) groups is 2. The Morgan fingerprint density at radius 3 is 2.69 bits per heavy atom. The van der Waals surface area contributed by atoms with Gasteiger partial charge < -0.3 is 14.7 Å². The standard InChI is InChI=1S/C19H15FN6O3/c1-29-14-9-10(5-6-12(14)20)16(27)25-19-23-13-4-2-3-11(15(13)24-19)17(28)26-18-21-7-8-22-18/h2-9H,1H3,(H2,21,22,26,28)(H2,23,24,25,27). The van der Waals surface area contributed by atoms with Gasteiger partial charge in [-0.3, -0.25) is 20.2 Å². The third-order valence-electron chi connectivity index (χ3n) is 4.14. The number of amides is 2. The first kappa shape index (κ1) is 18.2. The van der Waals surface area contributed by atoms with E-state index < -0.39 is 17.6 Å². The van der Waals surface area contributed by atoms with Gasteiger partial charge in [-0.05, 0) is 30.3 Å². The zero-order valence-electron chi connectivity index (χ0n) is 15.1. The molecule has 0 aliphatic carbocycles. The maximum atomic E-state index is 13.5. The lowest BCUT2D eigenvalue weighted by Gasteiger charge is -2.05. The Labute approximate surface area is 163 Å². The molecule has 4 aromatic rings. The van der Waals surface area contributed by atoms with Crippen molar-refractivity contribution >= 4 is 34.7 Å². The van der Waals surface area contributed by atoms with Gasteiger partial charge in [-0.1, -0.05) is 6.07 Å². The van der Waals surface area contributed by atoms with Crippen molar-refractivity contribution in [3.05, 3.63) is 65.7 Å². The predicted molar refractivity (Wildman–Crippen MR) is 104 cm³/mol. The van der Waals surface area contributed by atoms with E-state index in [9.17, 15) is 14.0 Å². The van der Waals surface area contributed by atoms with Crippen LogP contribution in [0.4, 0.5) is 16.3 Å². The molecule has 9 nitrogen and oxygen atoms in total. The third kappa shape index (κ3) is 3.63. The van der Waals surface area contributed by atoms with Crippen molar-refractivity contribution in [1.82, 2.24) is 19.9 Å². The average molecular weight is 394 g/mol. The summed E-state index contributed by atoms with van der Waals surface area (Å²) in [5.74, 6) is -1.06. The molecule has 146 valence electrons. The van der Waals surface area contributed by atoms with Crippen LogP contribution in [0.15, 0.2) is 48.8 Å². The number of imidazole rings is 2. The van der Waals surface area contributed by atoms with E-state index in [2.05, 4.69) is 30.6 Å². The molecular formula is C19H15FN6O3. The van der Waals surface area contributed by atoms with Gasteiger partial charge in [0.1, 0.15) is 0 Å². The summed E-state index contributed by atoms with van der Waals surface area (Å²) in [6.07, 6.45) is 3.11. The summed E-state index contributed by atoms with van der Waals surface area (Å²) in [6, 6.07) is 8.76. The number of hydrogen-bond donors (Lipinski definition) is 4. The highest BCUT2D eigenvalue weighted by Gasteiger charge is 2.16. The van der Waals surface area contributed by atoms with Crippen molar-refractivity contribution in [3.63, 3.8) is 0 Å². The smallest absolute Gasteiger partial charge is 0.260 e. The molecule has 0 bridgehead atoms. The Bertz CT molecular complexity index is 1200. The summed E-state index contributed by atoms with van der Waals surface area (Å²) in [5.41, 5.74) is 1.46. The number of para-hydroxylation sites is 1. The minimum Gasteiger partial charge on any atom is -0.494 e. The predicted octanol–water partition coefficient (Wildman–Crippen LogP) is 2.94.